The summed E-state index contributed by atoms with van der Waals surface area (Å²) in [6.07, 6.45) is 7.87. The molecule has 5 unspecified atom stereocenters. The highest BCUT2D eigenvalue weighted by molar-refractivity contribution is 5.75. The first-order valence-corrected chi connectivity index (χ1v) is 17.1. The fourth-order valence-corrected chi connectivity index (χ4v) is 8.15. The van der Waals surface area contributed by atoms with E-state index in [0.717, 1.165) is 61.0 Å². The van der Waals surface area contributed by atoms with E-state index in [-0.39, 0.29) is 30.6 Å². The fraction of sp³-hybridized carbons (Fsp3) is 0.622. The Morgan fingerprint density at radius 1 is 0.870 bits per heavy atom. The number of ether oxygens (including phenoxy) is 2. The zero-order valence-corrected chi connectivity index (χ0v) is 27.8. The Hall–Kier alpha value is -2.82. The third-order valence-electron chi connectivity index (χ3n) is 10.0. The van der Waals surface area contributed by atoms with Gasteiger partial charge in [0.25, 0.3) is 0 Å². The average Bonchev–Trinajstić information content (AvgIpc) is 3.28. The Kier molecular flexibility index (Phi) is 11.5. The van der Waals surface area contributed by atoms with Crippen LogP contribution in [0.25, 0.3) is 0 Å². The number of hydroxylamine groups is 1. The van der Waals surface area contributed by atoms with Crippen LogP contribution in [0.15, 0.2) is 48.5 Å². The van der Waals surface area contributed by atoms with Crippen LogP contribution in [0.3, 0.4) is 0 Å². The number of hydrogen-bond donors (Lipinski definition) is 4. The topological polar surface area (TPSA) is 120 Å². The first kappa shape index (κ1) is 34.5. The van der Waals surface area contributed by atoms with Crippen LogP contribution in [0, 0.1) is 10.8 Å². The molecular weight excluding hydrogens is 582 g/mol. The first-order valence-electron chi connectivity index (χ1n) is 17.1. The van der Waals surface area contributed by atoms with Crippen molar-refractivity contribution in [3.8, 4) is 0 Å². The number of amides is 2. The van der Waals surface area contributed by atoms with Gasteiger partial charge in [-0.2, -0.15) is 0 Å². The van der Waals surface area contributed by atoms with E-state index in [1.54, 1.807) is 5.48 Å². The maximum absolute atomic E-state index is 12.4. The van der Waals surface area contributed by atoms with Crippen LogP contribution in [0.1, 0.15) is 120 Å². The van der Waals surface area contributed by atoms with Gasteiger partial charge in [0.2, 0.25) is 11.8 Å². The minimum Gasteiger partial charge on any atom is -0.392 e. The number of nitrogens with zero attached hydrogens (tertiary/aromatic N) is 1. The second kappa shape index (κ2) is 15.4. The number of carbonyl (C=O) groups excluding carboxylic acids is 2. The molecule has 3 aliphatic rings. The lowest BCUT2D eigenvalue weighted by Gasteiger charge is -2.41. The molecule has 9 heteroatoms. The van der Waals surface area contributed by atoms with Crippen molar-refractivity contribution in [2.24, 2.45) is 10.8 Å². The zero-order chi connectivity index (χ0) is 32.7. The van der Waals surface area contributed by atoms with E-state index in [9.17, 15) is 14.7 Å². The molecule has 1 saturated carbocycles. The van der Waals surface area contributed by atoms with Crippen molar-refractivity contribution in [3.05, 3.63) is 70.8 Å². The van der Waals surface area contributed by atoms with Crippen molar-refractivity contribution in [2.45, 2.75) is 123 Å². The van der Waals surface area contributed by atoms with Gasteiger partial charge < -0.3 is 19.9 Å². The standard InChI is InChI=1S/C37H53N3O6/c1-36(2)19-30-20-37(3,24-36)25-40(30)22-31-18-32(28-14-12-27(23-41)13-15-28)46-35(45-31)29-16-10-26(11-17-29)21-38-33(42)8-6-4-5-7-9-34(43)39-44/h10-17,30-32,35,41,44H,4-9,18-25H2,1-3H3,(H,38,42)(H,39,43). The summed E-state index contributed by atoms with van der Waals surface area (Å²) in [4.78, 5) is 26.1. The van der Waals surface area contributed by atoms with Gasteiger partial charge in [-0.3, -0.25) is 19.7 Å². The van der Waals surface area contributed by atoms with Gasteiger partial charge in [-0.25, -0.2) is 5.48 Å². The van der Waals surface area contributed by atoms with Gasteiger partial charge in [-0.15, -0.1) is 0 Å². The predicted octanol–water partition coefficient (Wildman–Crippen LogP) is 6.09. The second-order valence-electron chi connectivity index (χ2n) is 15.0. The molecule has 0 radical (unpaired) electrons. The normalized spacial score (nSPS) is 27.3. The van der Waals surface area contributed by atoms with E-state index in [2.05, 4.69) is 43.1 Å². The smallest absolute Gasteiger partial charge is 0.243 e. The van der Waals surface area contributed by atoms with Crippen molar-refractivity contribution < 1.29 is 29.4 Å². The fourth-order valence-electron chi connectivity index (χ4n) is 8.15. The number of unbranched alkanes of at least 4 members (excludes halogenated alkanes) is 3. The Morgan fingerprint density at radius 3 is 2.20 bits per heavy atom. The quantitative estimate of drug-likeness (QED) is 0.113. The van der Waals surface area contributed by atoms with Crippen LogP contribution in [-0.2, 0) is 32.2 Å². The summed E-state index contributed by atoms with van der Waals surface area (Å²) in [6.45, 7) is 9.76. The van der Waals surface area contributed by atoms with Gasteiger partial charge in [0.1, 0.15) is 0 Å². The minimum atomic E-state index is -0.498. The number of fused-ring (bicyclic) bond motifs is 2. The summed E-state index contributed by atoms with van der Waals surface area (Å²) in [5.74, 6) is -0.362. The Balaban J connectivity index is 1.17. The summed E-state index contributed by atoms with van der Waals surface area (Å²) in [7, 11) is 0. The number of hydrogen-bond acceptors (Lipinski definition) is 7. The number of rotatable bonds is 14. The molecule has 2 amide bonds. The third kappa shape index (κ3) is 9.38. The monoisotopic (exact) mass is 635 g/mol. The van der Waals surface area contributed by atoms with Gasteiger partial charge in [0.15, 0.2) is 6.29 Å². The van der Waals surface area contributed by atoms with Gasteiger partial charge in [-0.05, 0) is 59.6 Å². The van der Waals surface area contributed by atoms with E-state index in [0.29, 0.717) is 42.7 Å². The molecule has 9 nitrogen and oxygen atoms in total. The lowest BCUT2D eigenvalue weighted by atomic mass is 9.65. The third-order valence-corrected chi connectivity index (χ3v) is 10.0. The van der Waals surface area contributed by atoms with Crippen LogP contribution >= 0.6 is 0 Å². The summed E-state index contributed by atoms with van der Waals surface area (Å²) >= 11 is 0. The van der Waals surface area contributed by atoms with Crippen molar-refractivity contribution in [3.63, 3.8) is 0 Å². The van der Waals surface area contributed by atoms with E-state index >= 15 is 0 Å². The SMILES string of the molecule is CC1(C)CC2CC(C)(CN2CC2CC(c3ccc(CO)cc3)OC(c3ccc(CNC(=O)CCCCCCC(=O)NO)cc3)O2)C1. The second-order valence-corrected chi connectivity index (χ2v) is 15.0. The molecule has 5 atom stereocenters. The van der Waals surface area contributed by atoms with Crippen molar-refractivity contribution >= 4 is 11.8 Å². The van der Waals surface area contributed by atoms with E-state index < -0.39 is 6.29 Å². The molecule has 2 aromatic carbocycles. The molecule has 2 bridgehead atoms. The molecule has 5 rings (SSSR count). The molecule has 2 saturated heterocycles. The average molecular weight is 636 g/mol. The predicted molar refractivity (Wildman–Crippen MR) is 175 cm³/mol. The van der Waals surface area contributed by atoms with E-state index in [1.807, 2.05) is 36.4 Å². The molecule has 3 fully saturated rings. The summed E-state index contributed by atoms with van der Waals surface area (Å²) < 4.78 is 13.3. The molecule has 0 spiro atoms. The van der Waals surface area contributed by atoms with Crippen LogP contribution in [-0.4, -0.2) is 52.3 Å². The summed E-state index contributed by atoms with van der Waals surface area (Å²) in [5, 5.41) is 21.1. The van der Waals surface area contributed by atoms with E-state index in [4.69, 9.17) is 14.7 Å². The molecular formula is C37H53N3O6. The van der Waals surface area contributed by atoms with Gasteiger partial charge in [0.05, 0.1) is 18.8 Å². The van der Waals surface area contributed by atoms with Crippen LogP contribution in [0.4, 0.5) is 0 Å². The zero-order valence-electron chi connectivity index (χ0n) is 27.8. The highest BCUT2D eigenvalue weighted by Crippen LogP contribution is 2.53. The number of aliphatic hydroxyl groups excluding tert-OH is 1. The minimum absolute atomic E-state index is 0.0117. The maximum atomic E-state index is 12.4. The molecule has 252 valence electrons. The molecule has 2 heterocycles. The van der Waals surface area contributed by atoms with Crippen molar-refractivity contribution in [1.82, 2.24) is 15.7 Å². The number of likely N-dealkylation sites (tertiary alicyclic amines) is 1. The van der Waals surface area contributed by atoms with Gasteiger partial charge in [-0.1, -0.05) is 82.1 Å². The largest absolute Gasteiger partial charge is 0.392 e. The number of aliphatic hydroxyl groups is 1. The molecule has 1 aliphatic carbocycles. The molecule has 4 N–H and O–H groups in total. The van der Waals surface area contributed by atoms with E-state index in [1.165, 1.54) is 19.3 Å². The molecule has 0 aromatic heterocycles. The highest BCUT2D eigenvalue weighted by Gasteiger charge is 2.50. The summed E-state index contributed by atoms with van der Waals surface area (Å²) in [5.41, 5.74) is 6.32. The van der Waals surface area contributed by atoms with Crippen LogP contribution in [0.5, 0.6) is 0 Å². The Labute approximate surface area is 274 Å². The van der Waals surface area contributed by atoms with Crippen molar-refractivity contribution in [2.75, 3.05) is 13.1 Å². The maximum Gasteiger partial charge on any atom is 0.243 e. The number of benzene rings is 2. The number of carbonyl (C=O) groups is 2. The lowest BCUT2D eigenvalue weighted by Crippen LogP contribution is -2.42. The van der Waals surface area contributed by atoms with Crippen LogP contribution in [0.2, 0.25) is 0 Å². The number of nitrogens with one attached hydrogen (secondary N) is 2. The summed E-state index contributed by atoms with van der Waals surface area (Å²) in [6, 6.07) is 16.8. The van der Waals surface area contributed by atoms with Gasteiger partial charge in [0, 0.05) is 50.5 Å². The molecule has 2 aliphatic heterocycles. The highest BCUT2D eigenvalue weighted by atomic mass is 16.7. The van der Waals surface area contributed by atoms with Crippen molar-refractivity contribution in [1.29, 1.82) is 0 Å². The Morgan fingerprint density at radius 2 is 1.52 bits per heavy atom. The Bertz CT molecular complexity index is 1300. The first-order chi connectivity index (χ1) is 22.0. The van der Waals surface area contributed by atoms with Gasteiger partial charge >= 0.3 is 0 Å². The molecule has 46 heavy (non-hydrogen) atoms. The lowest BCUT2D eigenvalue weighted by molar-refractivity contribution is -0.253. The van der Waals surface area contributed by atoms with Crippen LogP contribution < -0.4 is 10.8 Å². The molecule has 2 aromatic rings.